The molecule has 7 heteroatoms. The highest BCUT2D eigenvalue weighted by molar-refractivity contribution is 6.03. The van der Waals surface area contributed by atoms with Crippen LogP contribution >= 0.6 is 0 Å². The standard InChI is InChI=1S/C27H21F3N2O2/c1-2-16-17-7-5-8-18(20-12-15(28)13-22(29)25(20)30)26(17)31-14-21(16)27(33)32-23-10-11-34-24-9-4-3-6-19(23)24/h3-9,12-14,23H,2,10-11H2,1H3,(H,32,33). The van der Waals surface area contributed by atoms with E-state index in [0.29, 0.717) is 42.0 Å². The summed E-state index contributed by atoms with van der Waals surface area (Å²) in [4.78, 5) is 17.7. The lowest BCUT2D eigenvalue weighted by molar-refractivity contribution is 0.0923. The molecule has 34 heavy (non-hydrogen) atoms. The Balaban J connectivity index is 1.56. The molecule has 1 aliphatic heterocycles. The summed E-state index contributed by atoms with van der Waals surface area (Å²) < 4.78 is 47.9. The molecule has 4 nitrogen and oxygen atoms in total. The molecule has 1 unspecified atom stereocenters. The molecule has 4 aromatic rings. The summed E-state index contributed by atoms with van der Waals surface area (Å²) >= 11 is 0. The Kier molecular flexibility index (Phi) is 5.69. The molecule has 1 amide bonds. The Morgan fingerprint density at radius 3 is 2.74 bits per heavy atom. The maximum atomic E-state index is 14.5. The summed E-state index contributed by atoms with van der Waals surface area (Å²) in [5, 5.41) is 3.71. The number of rotatable bonds is 4. The second-order valence-electron chi connectivity index (χ2n) is 8.16. The van der Waals surface area contributed by atoms with Gasteiger partial charge in [0.05, 0.1) is 23.7 Å². The maximum absolute atomic E-state index is 14.5. The highest BCUT2D eigenvalue weighted by Gasteiger charge is 2.25. The van der Waals surface area contributed by atoms with Gasteiger partial charge in [-0.05, 0) is 24.1 Å². The molecular weight excluding hydrogens is 441 g/mol. The van der Waals surface area contributed by atoms with Crippen LogP contribution in [0.3, 0.4) is 0 Å². The van der Waals surface area contributed by atoms with Crippen LogP contribution in [0.25, 0.3) is 22.0 Å². The lowest BCUT2D eigenvalue weighted by Gasteiger charge is -2.27. The van der Waals surface area contributed by atoms with Crippen LogP contribution in [-0.2, 0) is 6.42 Å². The van der Waals surface area contributed by atoms with Crippen molar-refractivity contribution in [2.45, 2.75) is 25.8 Å². The second kappa shape index (κ2) is 8.82. The number of aryl methyl sites for hydroxylation is 1. The fourth-order valence-corrected chi connectivity index (χ4v) is 4.55. The number of hydrogen-bond acceptors (Lipinski definition) is 3. The van der Waals surface area contributed by atoms with Gasteiger partial charge in [0.1, 0.15) is 11.6 Å². The van der Waals surface area contributed by atoms with Crippen LogP contribution in [0.1, 0.15) is 40.9 Å². The van der Waals surface area contributed by atoms with Crippen LogP contribution in [0.5, 0.6) is 5.75 Å². The minimum absolute atomic E-state index is 0.200. The molecule has 1 aliphatic rings. The first-order valence-corrected chi connectivity index (χ1v) is 11.1. The van der Waals surface area contributed by atoms with E-state index in [1.54, 1.807) is 18.2 Å². The zero-order valence-electron chi connectivity index (χ0n) is 18.4. The van der Waals surface area contributed by atoms with Gasteiger partial charge in [-0.3, -0.25) is 9.78 Å². The molecular formula is C27H21F3N2O2. The number of pyridine rings is 1. The Morgan fingerprint density at radius 2 is 1.91 bits per heavy atom. The minimum atomic E-state index is -1.27. The minimum Gasteiger partial charge on any atom is -0.493 e. The Hall–Kier alpha value is -3.87. The first-order valence-electron chi connectivity index (χ1n) is 11.1. The van der Waals surface area contributed by atoms with E-state index in [2.05, 4.69) is 10.3 Å². The number of hydrogen-bond donors (Lipinski definition) is 1. The van der Waals surface area contributed by atoms with Crippen molar-refractivity contribution in [2.75, 3.05) is 6.61 Å². The number of benzene rings is 3. The fraction of sp³-hybridized carbons (Fsp3) is 0.185. The van der Waals surface area contributed by atoms with Crippen molar-refractivity contribution in [3.05, 3.63) is 94.9 Å². The monoisotopic (exact) mass is 462 g/mol. The number of nitrogens with one attached hydrogen (secondary N) is 1. The van der Waals surface area contributed by atoms with Crippen molar-refractivity contribution in [1.29, 1.82) is 0 Å². The predicted molar refractivity (Wildman–Crippen MR) is 123 cm³/mol. The highest BCUT2D eigenvalue weighted by atomic mass is 19.2. The summed E-state index contributed by atoms with van der Waals surface area (Å²) in [6.07, 6.45) is 2.59. The number of carbonyl (C=O) groups is 1. The second-order valence-corrected chi connectivity index (χ2v) is 8.16. The van der Waals surface area contributed by atoms with E-state index in [9.17, 15) is 18.0 Å². The van der Waals surface area contributed by atoms with Crippen LogP contribution in [-0.4, -0.2) is 17.5 Å². The first kappa shape index (κ1) is 21.9. The molecule has 0 saturated heterocycles. The van der Waals surface area contributed by atoms with E-state index in [4.69, 9.17) is 4.74 Å². The molecule has 1 N–H and O–H groups in total. The van der Waals surface area contributed by atoms with Gasteiger partial charge in [0.2, 0.25) is 0 Å². The summed E-state index contributed by atoms with van der Waals surface area (Å²) in [5.41, 5.74) is 2.46. The van der Waals surface area contributed by atoms with Gasteiger partial charge in [-0.1, -0.05) is 43.3 Å². The molecule has 0 aliphatic carbocycles. The Labute approximate surface area is 194 Å². The number of ether oxygens (including phenoxy) is 1. The van der Waals surface area contributed by atoms with E-state index < -0.39 is 17.5 Å². The van der Waals surface area contributed by atoms with E-state index in [1.807, 2.05) is 31.2 Å². The van der Waals surface area contributed by atoms with Gasteiger partial charge in [0.15, 0.2) is 11.6 Å². The largest absolute Gasteiger partial charge is 0.493 e. The average molecular weight is 462 g/mol. The molecule has 1 aromatic heterocycles. The number of amides is 1. The third-order valence-corrected chi connectivity index (χ3v) is 6.15. The number of fused-ring (bicyclic) bond motifs is 2. The molecule has 0 radical (unpaired) electrons. The van der Waals surface area contributed by atoms with Crippen molar-refractivity contribution in [3.8, 4) is 16.9 Å². The molecule has 5 rings (SSSR count). The van der Waals surface area contributed by atoms with Gasteiger partial charge in [-0.25, -0.2) is 13.2 Å². The lowest BCUT2D eigenvalue weighted by Crippen LogP contribution is -2.32. The SMILES string of the molecule is CCc1c(C(=O)NC2CCOc3ccccc32)cnc2c(-c3cc(F)cc(F)c3F)cccc12. The summed E-state index contributed by atoms with van der Waals surface area (Å²) in [5.74, 6) is -2.82. The van der Waals surface area contributed by atoms with Crippen molar-refractivity contribution in [1.82, 2.24) is 10.3 Å². The number of aromatic nitrogens is 1. The van der Waals surface area contributed by atoms with Gasteiger partial charge in [0.25, 0.3) is 5.91 Å². The van der Waals surface area contributed by atoms with Gasteiger partial charge in [0, 0.05) is 40.8 Å². The fourth-order valence-electron chi connectivity index (χ4n) is 4.55. The Morgan fingerprint density at radius 1 is 1.09 bits per heavy atom. The first-order chi connectivity index (χ1) is 16.5. The van der Waals surface area contributed by atoms with Crippen LogP contribution in [0, 0.1) is 17.5 Å². The molecule has 0 fully saturated rings. The number of halogens is 3. The normalized spacial score (nSPS) is 15.0. The van der Waals surface area contributed by atoms with Crippen LogP contribution in [0.15, 0.2) is 60.8 Å². The summed E-state index contributed by atoms with van der Waals surface area (Å²) in [6.45, 7) is 2.40. The third-order valence-electron chi connectivity index (χ3n) is 6.15. The lowest BCUT2D eigenvalue weighted by atomic mass is 9.95. The van der Waals surface area contributed by atoms with Crippen molar-refractivity contribution >= 4 is 16.8 Å². The van der Waals surface area contributed by atoms with Gasteiger partial charge < -0.3 is 10.1 Å². The summed E-state index contributed by atoms with van der Waals surface area (Å²) in [7, 11) is 0. The topological polar surface area (TPSA) is 51.2 Å². The highest BCUT2D eigenvalue weighted by Crippen LogP contribution is 2.35. The predicted octanol–water partition coefficient (Wildman–Crippen LogP) is 6.14. The van der Waals surface area contributed by atoms with Crippen molar-refractivity contribution in [3.63, 3.8) is 0 Å². The van der Waals surface area contributed by atoms with Crippen molar-refractivity contribution in [2.24, 2.45) is 0 Å². The van der Waals surface area contributed by atoms with E-state index in [-0.39, 0.29) is 23.1 Å². The van der Waals surface area contributed by atoms with Gasteiger partial charge in [-0.2, -0.15) is 0 Å². The van der Waals surface area contributed by atoms with Gasteiger partial charge >= 0.3 is 0 Å². The van der Waals surface area contributed by atoms with Crippen LogP contribution in [0.4, 0.5) is 13.2 Å². The van der Waals surface area contributed by atoms with Crippen molar-refractivity contribution < 1.29 is 22.7 Å². The van der Waals surface area contributed by atoms with E-state index in [1.165, 1.54) is 6.20 Å². The van der Waals surface area contributed by atoms with Crippen LogP contribution in [0.2, 0.25) is 0 Å². The van der Waals surface area contributed by atoms with Crippen LogP contribution < -0.4 is 10.1 Å². The van der Waals surface area contributed by atoms with E-state index >= 15 is 0 Å². The zero-order valence-corrected chi connectivity index (χ0v) is 18.4. The number of para-hydroxylation sites is 2. The molecule has 172 valence electrons. The average Bonchev–Trinajstić information content (AvgIpc) is 2.85. The number of nitrogens with zero attached hydrogens (tertiary/aromatic N) is 1. The van der Waals surface area contributed by atoms with Gasteiger partial charge in [-0.15, -0.1) is 0 Å². The quantitative estimate of drug-likeness (QED) is 0.371. The molecule has 2 heterocycles. The molecule has 0 bridgehead atoms. The Bertz CT molecular complexity index is 1420. The van der Waals surface area contributed by atoms with E-state index in [0.717, 1.165) is 22.9 Å². The molecule has 0 spiro atoms. The molecule has 3 aromatic carbocycles. The number of carbonyl (C=O) groups excluding carboxylic acids is 1. The maximum Gasteiger partial charge on any atom is 0.253 e. The molecule has 0 saturated carbocycles. The summed E-state index contributed by atoms with van der Waals surface area (Å²) in [6, 6.07) is 13.8. The smallest absolute Gasteiger partial charge is 0.253 e. The third kappa shape index (κ3) is 3.77. The molecule has 1 atom stereocenters. The zero-order chi connectivity index (χ0) is 23.8.